The van der Waals surface area contributed by atoms with Gasteiger partial charge in [-0.15, -0.1) is 0 Å². The van der Waals surface area contributed by atoms with Crippen molar-refractivity contribution in [3.8, 4) is 17.1 Å². The van der Waals surface area contributed by atoms with Gasteiger partial charge in [0.05, 0.1) is 28.5 Å². The van der Waals surface area contributed by atoms with Crippen molar-refractivity contribution in [1.29, 1.82) is 0 Å². The van der Waals surface area contributed by atoms with Crippen molar-refractivity contribution in [1.82, 2.24) is 19.7 Å². The van der Waals surface area contributed by atoms with E-state index in [-0.39, 0.29) is 5.69 Å². The molecule has 0 aliphatic rings. The number of halogens is 4. The minimum absolute atomic E-state index is 0.127. The first-order valence-corrected chi connectivity index (χ1v) is 10.4. The zero-order chi connectivity index (χ0) is 23.9. The van der Waals surface area contributed by atoms with E-state index >= 15 is 0 Å². The van der Waals surface area contributed by atoms with Crippen molar-refractivity contribution >= 4 is 34.2 Å². The fraction of sp³-hybridized carbons (Fsp3) is 0.0417. The highest BCUT2D eigenvalue weighted by atomic mass is 35.5. The van der Waals surface area contributed by atoms with Crippen LogP contribution in [0.5, 0.6) is 0 Å². The Kier molecular flexibility index (Phi) is 5.33. The van der Waals surface area contributed by atoms with Crippen molar-refractivity contribution in [3.63, 3.8) is 0 Å². The number of hydrogen-bond acceptors (Lipinski definition) is 3. The van der Waals surface area contributed by atoms with Gasteiger partial charge in [0.1, 0.15) is 5.82 Å². The number of carbonyl (C=O) groups excluding carboxylic acids is 1. The molecule has 0 saturated carbocycles. The summed E-state index contributed by atoms with van der Waals surface area (Å²) >= 11 is 5.83. The van der Waals surface area contributed by atoms with Crippen molar-refractivity contribution in [2.45, 2.75) is 6.18 Å². The summed E-state index contributed by atoms with van der Waals surface area (Å²) in [6.07, 6.45) is -3.92. The first kappa shape index (κ1) is 21.7. The molecule has 6 nitrogen and oxygen atoms in total. The maximum atomic E-state index is 13.9. The lowest BCUT2D eigenvalue weighted by molar-refractivity contribution is -0.143. The van der Waals surface area contributed by atoms with Crippen LogP contribution in [0.15, 0.2) is 79.0 Å². The second-order valence-corrected chi connectivity index (χ2v) is 7.87. The maximum Gasteiger partial charge on any atom is 0.434 e. The van der Waals surface area contributed by atoms with Crippen molar-refractivity contribution in [2.75, 3.05) is 5.32 Å². The monoisotopic (exact) mass is 481 g/mol. The van der Waals surface area contributed by atoms with Crippen LogP contribution in [0.3, 0.4) is 0 Å². The van der Waals surface area contributed by atoms with Gasteiger partial charge >= 0.3 is 6.18 Å². The molecule has 10 heteroatoms. The molecular formula is C24H15ClF3N5O. The Morgan fingerprint density at radius 1 is 1.00 bits per heavy atom. The minimum atomic E-state index is -4.82. The first-order chi connectivity index (χ1) is 16.3. The smallest absolute Gasteiger partial charge is 0.338 e. The van der Waals surface area contributed by atoms with E-state index in [1.165, 1.54) is 24.3 Å². The molecule has 3 aromatic carbocycles. The summed E-state index contributed by atoms with van der Waals surface area (Å²) in [5.41, 5.74) is 0.949. The lowest BCUT2D eigenvalue weighted by Crippen LogP contribution is -2.20. The first-order valence-electron chi connectivity index (χ1n) is 10.1. The van der Waals surface area contributed by atoms with Gasteiger partial charge in [-0.1, -0.05) is 35.9 Å². The molecule has 0 atom stereocenters. The predicted octanol–water partition coefficient (Wildman–Crippen LogP) is 6.34. The van der Waals surface area contributed by atoms with Gasteiger partial charge in [0.2, 0.25) is 0 Å². The molecule has 0 spiro atoms. The Morgan fingerprint density at radius 3 is 2.50 bits per heavy atom. The molecule has 0 radical (unpaired) electrons. The number of rotatable bonds is 4. The van der Waals surface area contributed by atoms with E-state index in [2.05, 4.69) is 20.4 Å². The minimum Gasteiger partial charge on any atom is -0.338 e. The number of imidazole rings is 1. The van der Waals surface area contributed by atoms with E-state index in [0.29, 0.717) is 26.8 Å². The number of carbonyl (C=O) groups is 1. The third kappa shape index (κ3) is 4.13. The molecule has 2 N–H and O–H groups in total. The molecule has 0 unspecified atom stereocenters. The largest absolute Gasteiger partial charge is 0.434 e. The number of alkyl halides is 3. The van der Waals surface area contributed by atoms with Crippen LogP contribution >= 0.6 is 11.6 Å². The number of H-pyrrole nitrogens is 1. The van der Waals surface area contributed by atoms with Crippen molar-refractivity contribution in [2.24, 2.45) is 0 Å². The number of nitrogens with zero attached hydrogens (tertiary/aromatic N) is 3. The Balaban J connectivity index is 1.47. The summed E-state index contributed by atoms with van der Waals surface area (Å²) in [4.78, 5) is 20.6. The molecule has 5 rings (SSSR count). The van der Waals surface area contributed by atoms with Crippen LogP contribution in [0.4, 0.5) is 18.9 Å². The van der Waals surface area contributed by atoms with Gasteiger partial charge in [-0.25, -0.2) is 9.67 Å². The number of amides is 1. The molecule has 0 bridgehead atoms. The average Bonchev–Trinajstić information content (AvgIpc) is 3.45. The molecule has 1 amide bonds. The molecule has 2 heterocycles. The fourth-order valence-electron chi connectivity index (χ4n) is 3.60. The average molecular weight is 482 g/mol. The standard InChI is InChI=1S/C24H15ClF3N5O/c25-15-8-10-17(11-9-15)33-21(24(26,27)28)18(13-29-33)23(34)30-16-5-3-4-14(12-16)22-31-19-6-1-2-7-20(19)32-22/h1-13H,(H,30,34)(H,31,32). The molecule has 0 fully saturated rings. The van der Waals surface area contributed by atoms with E-state index in [1.54, 1.807) is 24.3 Å². The van der Waals surface area contributed by atoms with Crippen LogP contribution in [-0.2, 0) is 6.18 Å². The van der Waals surface area contributed by atoms with E-state index in [4.69, 9.17) is 11.6 Å². The summed E-state index contributed by atoms with van der Waals surface area (Å²) < 4.78 is 42.4. The molecular weight excluding hydrogens is 467 g/mol. The summed E-state index contributed by atoms with van der Waals surface area (Å²) in [6.45, 7) is 0. The Bertz CT molecular complexity index is 1470. The zero-order valence-electron chi connectivity index (χ0n) is 17.3. The van der Waals surface area contributed by atoms with Crippen LogP contribution < -0.4 is 5.32 Å². The number of aromatic nitrogens is 4. The third-order valence-electron chi connectivity index (χ3n) is 5.14. The lowest BCUT2D eigenvalue weighted by Gasteiger charge is -2.13. The van der Waals surface area contributed by atoms with Gasteiger partial charge in [-0.3, -0.25) is 4.79 Å². The number of benzene rings is 3. The molecule has 5 aromatic rings. The number of para-hydroxylation sites is 2. The van der Waals surface area contributed by atoms with E-state index in [1.807, 2.05) is 24.3 Å². The number of nitrogens with one attached hydrogen (secondary N) is 2. The van der Waals surface area contributed by atoms with Crippen LogP contribution in [0, 0.1) is 0 Å². The normalized spacial score (nSPS) is 11.6. The quantitative estimate of drug-likeness (QED) is 0.314. The molecule has 2 aromatic heterocycles. The number of hydrogen-bond donors (Lipinski definition) is 2. The Morgan fingerprint density at radius 2 is 1.76 bits per heavy atom. The van der Waals surface area contributed by atoms with Crippen LogP contribution in [0.25, 0.3) is 28.1 Å². The van der Waals surface area contributed by atoms with Crippen LogP contribution in [-0.4, -0.2) is 25.7 Å². The topological polar surface area (TPSA) is 75.6 Å². The van der Waals surface area contributed by atoms with E-state index < -0.39 is 23.3 Å². The predicted molar refractivity (Wildman–Crippen MR) is 123 cm³/mol. The lowest BCUT2D eigenvalue weighted by atomic mass is 10.1. The number of anilines is 1. The highest BCUT2D eigenvalue weighted by Gasteiger charge is 2.40. The van der Waals surface area contributed by atoms with Gasteiger partial charge in [-0.05, 0) is 48.5 Å². The molecule has 34 heavy (non-hydrogen) atoms. The van der Waals surface area contributed by atoms with Gasteiger partial charge in [0, 0.05) is 16.3 Å². The second kappa shape index (κ2) is 8.35. The summed E-state index contributed by atoms with van der Waals surface area (Å²) in [5, 5.41) is 6.71. The number of fused-ring (bicyclic) bond motifs is 1. The van der Waals surface area contributed by atoms with Crippen molar-refractivity contribution < 1.29 is 18.0 Å². The fourth-order valence-corrected chi connectivity index (χ4v) is 3.72. The van der Waals surface area contributed by atoms with Gasteiger partial charge in [0.15, 0.2) is 5.69 Å². The molecule has 0 saturated heterocycles. The van der Waals surface area contributed by atoms with Crippen LogP contribution in [0.1, 0.15) is 16.1 Å². The zero-order valence-corrected chi connectivity index (χ0v) is 18.0. The Hall–Kier alpha value is -4.11. The summed E-state index contributed by atoms with van der Waals surface area (Å²) in [5.74, 6) is -0.363. The van der Waals surface area contributed by atoms with E-state index in [0.717, 1.165) is 17.2 Å². The summed E-state index contributed by atoms with van der Waals surface area (Å²) in [7, 11) is 0. The molecule has 0 aliphatic heterocycles. The summed E-state index contributed by atoms with van der Waals surface area (Å²) in [6, 6.07) is 19.8. The highest BCUT2D eigenvalue weighted by Crippen LogP contribution is 2.34. The highest BCUT2D eigenvalue weighted by molar-refractivity contribution is 6.30. The van der Waals surface area contributed by atoms with E-state index in [9.17, 15) is 18.0 Å². The molecule has 170 valence electrons. The maximum absolute atomic E-state index is 13.9. The Labute approximate surface area is 196 Å². The number of aromatic amines is 1. The molecule has 0 aliphatic carbocycles. The van der Waals surface area contributed by atoms with Gasteiger partial charge in [0.25, 0.3) is 5.91 Å². The SMILES string of the molecule is O=C(Nc1cccc(-c2nc3ccccc3[nH]2)c1)c1cnn(-c2ccc(Cl)cc2)c1C(F)(F)F. The third-order valence-corrected chi connectivity index (χ3v) is 5.39. The van der Waals surface area contributed by atoms with Crippen LogP contribution in [0.2, 0.25) is 5.02 Å². The van der Waals surface area contributed by atoms with Gasteiger partial charge in [-0.2, -0.15) is 18.3 Å². The van der Waals surface area contributed by atoms with Gasteiger partial charge < -0.3 is 10.3 Å². The van der Waals surface area contributed by atoms with Crippen molar-refractivity contribution in [3.05, 3.63) is 95.3 Å². The second-order valence-electron chi connectivity index (χ2n) is 7.43.